The molecule has 2 aromatic heterocycles. The van der Waals surface area contributed by atoms with Crippen molar-refractivity contribution >= 4 is 32.7 Å². The largest absolute Gasteiger partial charge is 0.328 e. The Labute approximate surface area is 188 Å². The van der Waals surface area contributed by atoms with E-state index in [0.717, 1.165) is 11.3 Å². The number of benzene rings is 1. The van der Waals surface area contributed by atoms with Gasteiger partial charge in [0, 0.05) is 38.9 Å². The molecule has 32 heavy (non-hydrogen) atoms. The minimum Gasteiger partial charge on any atom is -0.328 e. The summed E-state index contributed by atoms with van der Waals surface area (Å²) >= 11 is 0. The summed E-state index contributed by atoms with van der Waals surface area (Å²) in [4.78, 5) is 25.9. The van der Waals surface area contributed by atoms with Gasteiger partial charge in [0.25, 0.3) is 0 Å². The number of nitrogens with one attached hydrogen (secondary N) is 1. The maximum absolute atomic E-state index is 12.5. The minimum atomic E-state index is -3.54. The molecule has 0 fully saturated rings. The lowest BCUT2D eigenvalue weighted by Gasteiger charge is -2.16. The molecule has 9 nitrogen and oxygen atoms in total. The second-order valence-corrected chi connectivity index (χ2v) is 11.0. The summed E-state index contributed by atoms with van der Waals surface area (Å²) in [6.45, 7) is 8.73. The Hall–Kier alpha value is -2.85. The van der Waals surface area contributed by atoms with E-state index < -0.39 is 10.0 Å². The van der Waals surface area contributed by atoms with Crippen molar-refractivity contribution in [1.29, 1.82) is 0 Å². The zero-order chi connectivity index (χ0) is 23.7. The van der Waals surface area contributed by atoms with E-state index in [1.807, 2.05) is 32.3 Å². The van der Waals surface area contributed by atoms with Gasteiger partial charge in [-0.3, -0.25) is 4.79 Å². The Morgan fingerprint density at radius 3 is 2.38 bits per heavy atom. The summed E-state index contributed by atoms with van der Waals surface area (Å²) < 4.78 is 28.0. The number of hydrogen-bond acceptors (Lipinski definition) is 6. The van der Waals surface area contributed by atoms with Crippen LogP contribution >= 0.6 is 0 Å². The van der Waals surface area contributed by atoms with Gasteiger partial charge >= 0.3 is 0 Å². The summed E-state index contributed by atoms with van der Waals surface area (Å²) in [5, 5.41) is 2.82. The number of imidazole rings is 1. The minimum absolute atomic E-state index is 0.159. The monoisotopic (exact) mass is 458 g/mol. The molecule has 172 valence electrons. The van der Waals surface area contributed by atoms with E-state index in [1.54, 1.807) is 30.6 Å². The summed E-state index contributed by atoms with van der Waals surface area (Å²) in [5.41, 5.74) is 1.82. The molecule has 0 aliphatic rings. The topological polar surface area (TPSA) is 110 Å². The molecule has 0 atom stereocenters. The molecular formula is C22H30N6O3S. The molecule has 3 aromatic rings. The van der Waals surface area contributed by atoms with Gasteiger partial charge < -0.3 is 9.88 Å². The zero-order valence-electron chi connectivity index (χ0n) is 19.4. The van der Waals surface area contributed by atoms with Crippen LogP contribution in [0.25, 0.3) is 11.0 Å². The molecule has 0 aliphatic carbocycles. The van der Waals surface area contributed by atoms with Crippen LogP contribution in [0.1, 0.15) is 45.8 Å². The molecule has 0 saturated carbocycles. The van der Waals surface area contributed by atoms with Crippen LogP contribution in [0.2, 0.25) is 0 Å². The highest BCUT2D eigenvalue weighted by molar-refractivity contribution is 7.89. The van der Waals surface area contributed by atoms with E-state index >= 15 is 0 Å². The Kier molecular flexibility index (Phi) is 6.66. The van der Waals surface area contributed by atoms with Crippen molar-refractivity contribution in [2.75, 3.05) is 19.4 Å². The standard InChI is InChI=1S/C22H30N6O3S/c1-7-28-18-9-8-16(32(30,31)27(5)6)12-17(18)26-19(28)10-11-20(29)25-15-13-23-21(24-14-15)22(2,3)4/h8-9,12-14H,7,10-11H2,1-6H3,(H,25,29). The highest BCUT2D eigenvalue weighted by Crippen LogP contribution is 2.23. The lowest BCUT2D eigenvalue weighted by Crippen LogP contribution is -2.22. The quantitative estimate of drug-likeness (QED) is 0.583. The summed E-state index contributed by atoms with van der Waals surface area (Å²) in [5.74, 6) is 1.28. The first kappa shape index (κ1) is 23.8. The van der Waals surface area contributed by atoms with Crippen LogP contribution < -0.4 is 5.32 Å². The predicted octanol–water partition coefficient (Wildman–Crippen LogP) is 2.97. The van der Waals surface area contributed by atoms with Crippen LogP contribution in [0.5, 0.6) is 0 Å². The van der Waals surface area contributed by atoms with E-state index in [-0.39, 0.29) is 22.6 Å². The van der Waals surface area contributed by atoms with Crippen LogP contribution in [0.15, 0.2) is 35.5 Å². The number of nitrogens with zero attached hydrogens (tertiary/aromatic N) is 5. The average molecular weight is 459 g/mol. The first-order chi connectivity index (χ1) is 14.9. The Bertz CT molecular complexity index is 1230. The molecule has 0 radical (unpaired) electrons. The normalized spacial score (nSPS) is 12.5. The fourth-order valence-corrected chi connectivity index (χ4v) is 4.23. The Morgan fingerprint density at radius 1 is 1.16 bits per heavy atom. The third kappa shape index (κ3) is 4.97. The number of sulfonamides is 1. The SMILES string of the molecule is CCn1c(CCC(=O)Nc2cnc(C(C)(C)C)nc2)nc2cc(S(=O)(=O)N(C)C)ccc21. The van der Waals surface area contributed by atoms with Gasteiger partial charge in [0.05, 0.1) is 34.0 Å². The maximum Gasteiger partial charge on any atom is 0.242 e. The van der Waals surface area contributed by atoms with E-state index in [9.17, 15) is 13.2 Å². The summed E-state index contributed by atoms with van der Waals surface area (Å²) in [6, 6.07) is 4.93. The summed E-state index contributed by atoms with van der Waals surface area (Å²) in [6.07, 6.45) is 3.87. The molecule has 1 N–H and O–H groups in total. The van der Waals surface area contributed by atoms with Crippen molar-refractivity contribution in [1.82, 2.24) is 23.8 Å². The smallest absolute Gasteiger partial charge is 0.242 e. The molecule has 1 amide bonds. The van der Waals surface area contributed by atoms with Gasteiger partial charge in [-0.05, 0) is 25.1 Å². The lowest BCUT2D eigenvalue weighted by atomic mass is 9.96. The number of aryl methyl sites for hydroxylation is 2. The first-order valence-electron chi connectivity index (χ1n) is 10.5. The van der Waals surface area contributed by atoms with Crippen molar-refractivity contribution in [2.24, 2.45) is 0 Å². The van der Waals surface area contributed by atoms with Crippen LogP contribution in [-0.4, -0.2) is 52.2 Å². The number of carbonyl (C=O) groups excluding carboxylic acids is 1. The van der Waals surface area contributed by atoms with Crippen molar-refractivity contribution < 1.29 is 13.2 Å². The molecule has 0 unspecified atom stereocenters. The van der Waals surface area contributed by atoms with Crippen LogP contribution in [0.3, 0.4) is 0 Å². The number of hydrogen-bond donors (Lipinski definition) is 1. The number of aromatic nitrogens is 4. The first-order valence-corrected chi connectivity index (χ1v) is 11.9. The lowest BCUT2D eigenvalue weighted by molar-refractivity contribution is -0.116. The average Bonchev–Trinajstić information content (AvgIpc) is 3.08. The van der Waals surface area contributed by atoms with Crippen molar-refractivity contribution in [3.8, 4) is 0 Å². The van der Waals surface area contributed by atoms with Crippen LogP contribution in [0.4, 0.5) is 5.69 Å². The van der Waals surface area contributed by atoms with Gasteiger partial charge in [0.1, 0.15) is 11.6 Å². The van der Waals surface area contributed by atoms with Gasteiger partial charge in [-0.15, -0.1) is 0 Å². The second kappa shape index (κ2) is 8.95. The van der Waals surface area contributed by atoms with Gasteiger partial charge in [-0.1, -0.05) is 20.8 Å². The number of amides is 1. The fourth-order valence-electron chi connectivity index (χ4n) is 3.30. The number of fused-ring (bicyclic) bond motifs is 1. The van der Waals surface area contributed by atoms with Gasteiger partial charge in [0.15, 0.2) is 0 Å². The van der Waals surface area contributed by atoms with Crippen molar-refractivity contribution in [3.63, 3.8) is 0 Å². The molecule has 3 rings (SSSR count). The molecule has 1 aromatic carbocycles. The maximum atomic E-state index is 12.5. The molecule has 0 bridgehead atoms. The van der Waals surface area contributed by atoms with E-state index in [4.69, 9.17) is 0 Å². The summed E-state index contributed by atoms with van der Waals surface area (Å²) in [7, 11) is -0.551. The molecule has 0 spiro atoms. The van der Waals surface area contributed by atoms with Crippen LogP contribution in [0, 0.1) is 0 Å². The van der Waals surface area contributed by atoms with Gasteiger partial charge in [-0.25, -0.2) is 27.7 Å². The van der Waals surface area contributed by atoms with Crippen LogP contribution in [-0.2, 0) is 33.2 Å². The molecule has 0 aliphatic heterocycles. The fraction of sp³-hybridized carbons (Fsp3) is 0.455. The van der Waals surface area contributed by atoms with E-state index in [0.29, 0.717) is 30.0 Å². The number of rotatable bonds is 7. The molecule has 2 heterocycles. The predicted molar refractivity (Wildman–Crippen MR) is 124 cm³/mol. The number of anilines is 1. The van der Waals surface area contributed by atoms with Crippen molar-refractivity contribution in [2.45, 2.75) is 57.4 Å². The molecule has 10 heteroatoms. The highest BCUT2D eigenvalue weighted by Gasteiger charge is 2.20. The Balaban J connectivity index is 1.74. The molecule has 0 saturated heterocycles. The third-order valence-corrected chi connectivity index (χ3v) is 6.89. The zero-order valence-corrected chi connectivity index (χ0v) is 20.2. The van der Waals surface area contributed by atoms with Gasteiger partial charge in [0.2, 0.25) is 15.9 Å². The Morgan fingerprint density at radius 2 is 1.81 bits per heavy atom. The second-order valence-electron chi connectivity index (χ2n) is 8.80. The van der Waals surface area contributed by atoms with E-state index in [2.05, 4.69) is 20.3 Å². The molecular weight excluding hydrogens is 428 g/mol. The third-order valence-electron chi connectivity index (χ3n) is 5.08. The highest BCUT2D eigenvalue weighted by atomic mass is 32.2. The van der Waals surface area contributed by atoms with Crippen molar-refractivity contribution in [3.05, 3.63) is 42.2 Å². The van der Waals surface area contributed by atoms with E-state index in [1.165, 1.54) is 18.4 Å². The van der Waals surface area contributed by atoms with Gasteiger partial charge in [-0.2, -0.15) is 0 Å². The number of carbonyl (C=O) groups is 1.